The van der Waals surface area contributed by atoms with Gasteiger partial charge in [-0.25, -0.2) is 4.79 Å². The summed E-state index contributed by atoms with van der Waals surface area (Å²) in [6, 6.07) is -0.352. The highest BCUT2D eigenvalue weighted by Crippen LogP contribution is 2.30. The lowest BCUT2D eigenvalue weighted by atomic mass is 9.84. The highest BCUT2D eigenvalue weighted by atomic mass is 16.5. The molecule has 0 spiro atoms. The zero-order chi connectivity index (χ0) is 29.7. The Labute approximate surface area is 231 Å². The predicted molar refractivity (Wildman–Crippen MR) is 152 cm³/mol. The average Bonchev–Trinajstić information content (AvgIpc) is 2.90. The smallest absolute Gasteiger partial charge is 0.333 e. The molecule has 0 saturated heterocycles. The van der Waals surface area contributed by atoms with Gasteiger partial charge in [0.25, 0.3) is 0 Å². The van der Waals surface area contributed by atoms with Gasteiger partial charge in [-0.05, 0) is 58.9 Å². The molecule has 2 N–H and O–H groups in total. The number of carbonyl (C=O) groups excluding carboxylic acids is 4. The summed E-state index contributed by atoms with van der Waals surface area (Å²) in [4.78, 5) is 56.1. The Morgan fingerprint density at radius 1 is 0.921 bits per heavy atom. The van der Waals surface area contributed by atoms with Gasteiger partial charge in [-0.15, -0.1) is 0 Å². The summed E-state index contributed by atoms with van der Waals surface area (Å²) < 4.78 is 5.07. The van der Waals surface area contributed by atoms with Crippen molar-refractivity contribution in [2.24, 2.45) is 5.92 Å². The molecular formula is C29H54N4O5. The van der Waals surface area contributed by atoms with Crippen LogP contribution < -0.4 is 10.6 Å². The van der Waals surface area contributed by atoms with Crippen LogP contribution in [0.2, 0.25) is 0 Å². The number of esters is 1. The molecule has 0 aromatic heterocycles. The molecule has 0 aromatic carbocycles. The SMILES string of the molecule is CCNC(CC)(CC)C(=O)N(CC)C(CC)(CC)C(=O)NCC(=O)N(C)C(/C=C(\C)C(=O)OCC)C(C)C. The van der Waals surface area contributed by atoms with E-state index in [-0.39, 0.29) is 42.8 Å². The molecule has 0 aliphatic carbocycles. The first kappa shape index (κ1) is 35.6. The molecule has 220 valence electrons. The van der Waals surface area contributed by atoms with Crippen LogP contribution in [0.5, 0.6) is 0 Å². The Bertz CT molecular complexity index is 816. The van der Waals surface area contributed by atoms with Gasteiger partial charge in [-0.1, -0.05) is 54.5 Å². The van der Waals surface area contributed by atoms with Crippen LogP contribution in [0.3, 0.4) is 0 Å². The minimum atomic E-state index is -1.08. The van der Waals surface area contributed by atoms with Crippen LogP contribution in [0.1, 0.15) is 94.9 Å². The number of nitrogens with zero attached hydrogens (tertiary/aromatic N) is 2. The standard InChI is InChI=1S/C29H54N4O5/c1-12-28(13-2,31-16-5)27(37)33(17-6)29(14-3,15-4)26(36)30-20-24(34)32(11)23(21(8)9)19-22(10)25(35)38-18-7/h19,21,23,31H,12-18,20H2,1-11H3,(H,30,36)/b22-19+. The third-order valence-electron chi connectivity index (χ3n) is 7.74. The Kier molecular flexibility index (Phi) is 15.5. The number of hydrogen-bond donors (Lipinski definition) is 2. The first-order valence-electron chi connectivity index (χ1n) is 14.3. The maximum atomic E-state index is 13.9. The highest BCUT2D eigenvalue weighted by Gasteiger charge is 2.48. The number of hydrogen-bond acceptors (Lipinski definition) is 6. The van der Waals surface area contributed by atoms with Crippen LogP contribution in [-0.2, 0) is 23.9 Å². The molecule has 0 heterocycles. The first-order chi connectivity index (χ1) is 17.8. The fraction of sp³-hybridized carbons (Fsp3) is 0.793. The molecule has 38 heavy (non-hydrogen) atoms. The molecular weight excluding hydrogens is 484 g/mol. The molecule has 0 aliphatic rings. The van der Waals surface area contributed by atoms with E-state index in [2.05, 4.69) is 10.6 Å². The van der Waals surface area contributed by atoms with Crippen LogP contribution in [0.4, 0.5) is 0 Å². The molecule has 0 aliphatic heterocycles. The van der Waals surface area contributed by atoms with Crippen LogP contribution in [0.15, 0.2) is 11.6 Å². The zero-order valence-electron chi connectivity index (χ0n) is 25.8. The summed E-state index contributed by atoms with van der Waals surface area (Å²) in [5.74, 6) is -1.10. The Hall–Kier alpha value is -2.42. The molecule has 0 radical (unpaired) electrons. The van der Waals surface area contributed by atoms with Crippen molar-refractivity contribution >= 4 is 23.7 Å². The highest BCUT2D eigenvalue weighted by molar-refractivity contribution is 5.96. The second-order valence-electron chi connectivity index (χ2n) is 10.1. The largest absolute Gasteiger partial charge is 0.463 e. The lowest BCUT2D eigenvalue weighted by molar-refractivity contribution is -0.154. The van der Waals surface area contributed by atoms with Crippen molar-refractivity contribution < 1.29 is 23.9 Å². The number of likely N-dealkylation sites (N-methyl/N-ethyl adjacent to an activating group) is 3. The summed E-state index contributed by atoms with van der Waals surface area (Å²) >= 11 is 0. The molecule has 3 amide bonds. The van der Waals surface area contributed by atoms with E-state index in [0.29, 0.717) is 44.3 Å². The monoisotopic (exact) mass is 538 g/mol. The van der Waals surface area contributed by atoms with Crippen molar-refractivity contribution in [3.8, 4) is 0 Å². The summed E-state index contributed by atoms with van der Waals surface area (Å²) in [5, 5.41) is 6.20. The van der Waals surface area contributed by atoms with Crippen molar-refractivity contribution in [1.82, 2.24) is 20.4 Å². The molecule has 9 nitrogen and oxygen atoms in total. The fourth-order valence-electron chi connectivity index (χ4n) is 5.12. The Morgan fingerprint density at radius 3 is 1.87 bits per heavy atom. The van der Waals surface area contributed by atoms with Crippen molar-refractivity contribution in [1.29, 1.82) is 0 Å². The van der Waals surface area contributed by atoms with Crippen molar-refractivity contribution in [3.63, 3.8) is 0 Å². The fourth-order valence-corrected chi connectivity index (χ4v) is 5.12. The average molecular weight is 539 g/mol. The first-order valence-corrected chi connectivity index (χ1v) is 14.3. The summed E-state index contributed by atoms with van der Waals surface area (Å²) in [6.07, 6.45) is 3.79. The summed E-state index contributed by atoms with van der Waals surface area (Å²) in [7, 11) is 1.66. The van der Waals surface area contributed by atoms with Gasteiger partial charge in [0.15, 0.2) is 0 Å². The maximum Gasteiger partial charge on any atom is 0.333 e. The van der Waals surface area contributed by atoms with Gasteiger partial charge < -0.3 is 25.2 Å². The van der Waals surface area contributed by atoms with E-state index in [0.717, 1.165) is 0 Å². The minimum Gasteiger partial charge on any atom is -0.463 e. The molecule has 9 heteroatoms. The zero-order valence-corrected chi connectivity index (χ0v) is 25.8. The van der Waals surface area contributed by atoms with Gasteiger partial charge in [-0.2, -0.15) is 0 Å². The summed E-state index contributed by atoms with van der Waals surface area (Å²) in [6.45, 7) is 20.0. The molecule has 0 fully saturated rings. The number of ether oxygens (including phenoxy) is 1. The van der Waals surface area contributed by atoms with E-state index >= 15 is 0 Å². The van der Waals surface area contributed by atoms with Crippen LogP contribution in [0, 0.1) is 5.92 Å². The Morgan fingerprint density at radius 2 is 1.47 bits per heavy atom. The van der Waals surface area contributed by atoms with Crippen LogP contribution >= 0.6 is 0 Å². The number of nitrogens with one attached hydrogen (secondary N) is 2. The minimum absolute atomic E-state index is 0.0323. The van der Waals surface area contributed by atoms with Crippen LogP contribution in [-0.4, -0.2) is 83.9 Å². The molecule has 0 bridgehead atoms. The normalized spacial score (nSPS) is 13.2. The topological polar surface area (TPSA) is 108 Å². The van der Waals surface area contributed by atoms with Crippen LogP contribution in [0.25, 0.3) is 0 Å². The third-order valence-corrected chi connectivity index (χ3v) is 7.74. The lowest BCUT2D eigenvalue weighted by Gasteiger charge is -2.46. The summed E-state index contributed by atoms with van der Waals surface area (Å²) in [5.41, 5.74) is -1.39. The van der Waals surface area contributed by atoms with Gasteiger partial charge in [0.2, 0.25) is 17.7 Å². The van der Waals surface area contributed by atoms with Crippen molar-refractivity contribution in [3.05, 3.63) is 11.6 Å². The quantitative estimate of drug-likeness (QED) is 0.216. The van der Waals surface area contributed by atoms with E-state index in [9.17, 15) is 19.2 Å². The second kappa shape index (κ2) is 16.5. The number of amides is 3. The van der Waals surface area contributed by atoms with Crippen molar-refractivity contribution in [2.45, 2.75) is 112 Å². The van der Waals surface area contributed by atoms with E-state index in [1.54, 1.807) is 36.8 Å². The van der Waals surface area contributed by atoms with Gasteiger partial charge >= 0.3 is 5.97 Å². The molecule has 1 unspecified atom stereocenters. The maximum absolute atomic E-state index is 13.9. The Balaban J connectivity index is 5.94. The molecule has 0 saturated carbocycles. The van der Waals surface area contributed by atoms with E-state index in [1.165, 1.54) is 0 Å². The van der Waals surface area contributed by atoms with Gasteiger partial charge in [0.05, 0.1) is 24.7 Å². The van der Waals surface area contributed by atoms with E-state index in [4.69, 9.17) is 4.74 Å². The number of rotatable bonds is 17. The number of carbonyl (C=O) groups is 4. The second-order valence-corrected chi connectivity index (χ2v) is 10.1. The molecule has 0 aromatic rings. The predicted octanol–water partition coefficient (Wildman–Crippen LogP) is 3.67. The van der Waals surface area contributed by atoms with Gasteiger partial charge in [0.1, 0.15) is 5.54 Å². The lowest BCUT2D eigenvalue weighted by Crippen LogP contribution is -2.67. The van der Waals surface area contributed by atoms with Crippen molar-refractivity contribution in [2.75, 3.05) is 33.3 Å². The van der Waals surface area contributed by atoms with E-state index < -0.39 is 17.0 Å². The van der Waals surface area contributed by atoms with Gasteiger partial charge in [0, 0.05) is 19.2 Å². The molecule has 1 atom stereocenters. The van der Waals surface area contributed by atoms with Gasteiger partial charge in [-0.3, -0.25) is 14.4 Å². The van der Waals surface area contributed by atoms with E-state index in [1.807, 2.05) is 55.4 Å². The third kappa shape index (κ3) is 8.29. The molecule has 0 rings (SSSR count).